The van der Waals surface area contributed by atoms with E-state index >= 15 is 0 Å². The molecule has 0 aliphatic carbocycles. The normalized spacial score (nSPS) is 12.2. The Hall–Kier alpha value is -1.81. The van der Waals surface area contributed by atoms with Crippen molar-refractivity contribution in [1.29, 1.82) is 0 Å². The van der Waals surface area contributed by atoms with Gasteiger partial charge in [0.25, 0.3) is 5.91 Å². The average molecular weight is 265 g/mol. The third kappa shape index (κ3) is 2.71. The lowest BCUT2D eigenvalue weighted by Gasteiger charge is -2.15. The lowest BCUT2D eigenvalue weighted by molar-refractivity contribution is 0.0727. The van der Waals surface area contributed by atoms with Gasteiger partial charge in [0.05, 0.1) is 5.02 Å². The van der Waals surface area contributed by atoms with E-state index < -0.39 is 6.10 Å². The van der Waals surface area contributed by atoms with Crippen LogP contribution in [0.1, 0.15) is 17.3 Å². The highest BCUT2D eigenvalue weighted by atomic mass is 35.5. The van der Waals surface area contributed by atoms with Crippen LogP contribution in [0.15, 0.2) is 36.9 Å². The number of hydrogen-bond acceptors (Lipinski definition) is 3. The number of aromatic nitrogens is 2. The zero-order valence-corrected chi connectivity index (χ0v) is 10.9. The smallest absolute Gasteiger partial charge is 0.272 e. The quantitative estimate of drug-likeness (QED) is 0.856. The minimum absolute atomic E-state index is 0.190. The van der Waals surface area contributed by atoms with Crippen molar-refractivity contribution in [3.05, 3.63) is 47.5 Å². The maximum atomic E-state index is 12.0. The molecule has 0 aliphatic heterocycles. The first-order valence-electron chi connectivity index (χ1n) is 5.53. The molecule has 0 saturated carbocycles. The van der Waals surface area contributed by atoms with Gasteiger partial charge in [-0.1, -0.05) is 17.7 Å². The lowest BCUT2D eigenvalue weighted by Crippen LogP contribution is -2.28. The van der Waals surface area contributed by atoms with Gasteiger partial charge in [-0.3, -0.25) is 9.36 Å². The topological polar surface area (TPSA) is 44.1 Å². The fraction of sp³-hybridized carbons (Fsp3) is 0.231. The number of hydrogen-bond donors (Lipinski definition) is 0. The number of benzene rings is 1. The van der Waals surface area contributed by atoms with Crippen LogP contribution in [0.2, 0.25) is 5.02 Å². The first-order valence-corrected chi connectivity index (χ1v) is 5.90. The molecular weight excluding hydrogens is 252 g/mol. The Morgan fingerprint density at radius 3 is 2.94 bits per heavy atom. The SMILES string of the molecule is Cc1ccc(Cl)c(OC(C)C(=O)n2ccnc2)c1. The van der Waals surface area contributed by atoms with Gasteiger partial charge in [0.15, 0.2) is 6.10 Å². The van der Waals surface area contributed by atoms with Crippen LogP contribution >= 0.6 is 11.6 Å². The molecule has 1 unspecified atom stereocenters. The Labute approximate surface area is 110 Å². The van der Waals surface area contributed by atoms with Gasteiger partial charge in [-0.25, -0.2) is 4.98 Å². The van der Waals surface area contributed by atoms with Gasteiger partial charge in [-0.05, 0) is 31.5 Å². The molecule has 5 heteroatoms. The van der Waals surface area contributed by atoms with E-state index in [1.807, 2.05) is 13.0 Å². The van der Waals surface area contributed by atoms with Crippen molar-refractivity contribution >= 4 is 17.5 Å². The fourth-order valence-electron chi connectivity index (χ4n) is 1.54. The van der Waals surface area contributed by atoms with E-state index in [0.717, 1.165) is 5.56 Å². The van der Waals surface area contributed by atoms with E-state index in [1.54, 1.807) is 31.5 Å². The minimum atomic E-state index is -0.626. The minimum Gasteiger partial charge on any atom is -0.479 e. The number of imidazole rings is 1. The Kier molecular flexibility index (Phi) is 3.67. The molecule has 0 amide bonds. The zero-order chi connectivity index (χ0) is 13.1. The van der Waals surface area contributed by atoms with Gasteiger partial charge in [-0.2, -0.15) is 0 Å². The molecule has 0 radical (unpaired) electrons. The maximum Gasteiger partial charge on any atom is 0.272 e. The van der Waals surface area contributed by atoms with Crippen molar-refractivity contribution in [2.45, 2.75) is 20.0 Å². The molecule has 0 bridgehead atoms. The molecule has 0 N–H and O–H groups in total. The van der Waals surface area contributed by atoms with Crippen LogP contribution in [-0.2, 0) is 0 Å². The van der Waals surface area contributed by atoms with Crippen molar-refractivity contribution in [2.75, 3.05) is 0 Å². The molecule has 1 aromatic heterocycles. The zero-order valence-electron chi connectivity index (χ0n) is 10.1. The second kappa shape index (κ2) is 5.23. The highest BCUT2D eigenvalue weighted by Crippen LogP contribution is 2.26. The standard InChI is InChI=1S/C13H13ClN2O2/c1-9-3-4-11(14)12(7-9)18-10(2)13(17)16-6-5-15-8-16/h3-8,10H,1-2H3. The number of ether oxygens (including phenoxy) is 1. The Bertz CT molecular complexity index is 552. The van der Waals surface area contributed by atoms with Crippen LogP contribution in [0.25, 0.3) is 0 Å². The summed E-state index contributed by atoms with van der Waals surface area (Å²) in [7, 11) is 0. The summed E-state index contributed by atoms with van der Waals surface area (Å²) in [5, 5.41) is 0.492. The number of rotatable bonds is 3. The van der Waals surface area contributed by atoms with Crippen LogP contribution in [0, 0.1) is 6.92 Å². The van der Waals surface area contributed by atoms with Crippen LogP contribution in [0.4, 0.5) is 0 Å². The maximum absolute atomic E-state index is 12.0. The van der Waals surface area contributed by atoms with Crippen molar-refractivity contribution in [1.82, 2.24) is 9.55 Å². The Morgan fingerprint density at radius 1 is 1.50 bits per heavy atom. The molecule has 1 heterocycles. The Morgan fingerprint density at radius 2 is 2.28 bits per heavy atom. The molecular formula is C13H13ClN2O2. The van der Waals surface area contributed by atoms with E-state index in [1.165, 1.54) is 10.9 Å². The molecule has 0 spiro atoms. The summed E-state index contributed by atoms with van der Waals surface area (Å²) < 4.78 is 6.96. The molecule has 0 aliphatic rings. The second-order valence-corrected chi connectivity index (χ2v) is 4.41. The number of carbonyl (C=O) groups is 1. The summed E-state index contributed by atoms with van der Waals surface area (Å²) in [6, 6.07) is 5.44. The second-order valence-electron chi connectivity index (χ2n) is 4.00. The number of carbonyl (C=O) groups excluding carboxylic acids is 1. The summed E-state index contributed by atoms with van der Waals surface area (Å²) in [4.78, 5) is 15.8. The van der Waals surface area contributed by atoms with Crippen molar-refractivity contribution in [3.63, 3.8) is 0 Å². The molecule has 2 rings (SSSR count). The summed E-state index contributed by atoms with van der Waals surface area (Å²) >= 11 is 6.01. The highest BCUT2D eigenvalue weighted by molar-refractivity contribution is 6.32. The van der Waals surface area contributed by atoms with Gasteiger partial charge >= 0.3 is 0 Å². The summed E-state index contributed by atoms with van der Waals surface area (Å²) in [6.07, 6.45) is 3.95. The van der Waals surface area contributed by atoms with Gasteiger partial charge in [0, 0.05) is 12.4 Å². The van der Waals surface area contributed by atoms with E-state index in [-0.39, 0.29) is 5.91 Å². The summed E-state index contributed by atoms with van der Waals surface area (Å²) in [5.41, 5.74) is 1.02. The Balaban J connectivity index is 2.14. The number of nitrogens with zero attached hydrogens (tertiary/aromatic N) is 2. The molecule has 18 heavy (non-hydrogen) atoms. The molecule has 0 saturated heterocycles. The first kappa shape index (κ1) is 12.6. The first-order chi connectivity index (χ1) is 8.58. The molecule has 4 nitrogen and oxygen atoms in total. The fourth-order valence-corrected chi connectivity index (χ4v) is 1.70. The molecule has 1 atom stereocenters. The van der Waals surface area contributed by atoms with Crippen molar-refractivity contribution < 1.29 is 9.53 Å². The number of aryl methyl sites for hydroxylation is 1. The highest BCUT2D eigenvalue weighted by Gasteiger charge is 2.17. The number of halogens is 1. The average Bonchev–Trinajstić information content (AvgIpc) is 2.86. The van der Waals surface area contributed by atoms with Crippen LogP contribution in [-0.4, -0.2) is 21.6 Å². The van der Waals surface area contributed by atoms with E-state index in [4.69, 9.17) is 16.3 Å². The van der Waals surface area contributed by atoms with E-state index in [0.29, 0.717) is 10.8 Å². The lowest BCUT2D eigenvalue weighted by atomic mass is 10.2. The molecule has 0 fully saturated rings. The largest absolute Gasteiger partial charge is 0.479 e. The van der Waals surface area contributed by atoms with Gasteiger partial charge in [-0.15, -0.1) is 0 Å². The predicted octanol–water partition coefficient (Wildman–Crippen LogP) is 2.95. The van der Waals surface area contributed by atoms with Crippen LogP contribution in [0.5, 0.6) is 5.75 Å². The van der Waals surface area contributed by atoms with E-state index in [2.05, 4.69) is 4.98 Å². The van der Waals surface area contributed by atoms with Gasteiger partial charge in [0.1, 0.15) is 12.1 Å². The van der Waals surface area contributed by atoms with Crippen LogP contribution in [0.3, 0.4) is 0 Å². The third-order valence-corrected chi connectivity index (χ3v) is 2.81. The summed E-state index contributed by atoms with van der Waals surface area (Å²) in [6.45, 7) is 3.62. The molecule has 1 aromatic carbocycles. The van der Waals surface area contributed by atoms with Gasteiger partial charge in [0.2, 0.25) is 0 Å². The monoisotopic (exact) mass is 264 g/mol. The summed E-state index contributed by atoms with van der Waals surface area (Å²) in [5.74, 6) is 0.322. The van der Waals surface area contributed by atoms with Crippen LogP contribution < -0.4 is 4.74 Å². The molecule has 2 aromatic rings. The molecule has 94 valence electrons. The van der Waals surface area contributed by atoms with Crippen molar-refractivity contribution in [3.8, 4) is 5.75 Å². The van der Waals surface area contributed by atoms with Crippen molar-refractivity contribution in [2.24, 2.45) is 0 Å². The van der Waals surface area contributed by atoms with Gasteiger partial charge < -0.3 is 4.74 Å². The third-order valence-electron chi connectivity index (χ3n) is 2.50. The van der Waals surface area contributed by atoms with E-state index in [9.17, 15) is 4.79 Å². The predicted molar refractivity (Wildman–Crippen MR) is 69.1 cm³/mol.